The minimum Gasteiger partial charge on any atom is -0.256 e. The molecule has 0 saturated carbocycles. The average molecular weight is 473 g/mol. The molecule has 2 heterocycles. The Morgan fingerprint density at radius 1 is 0.378 bits per heavy atom. The van der Waals surface area contributed by atoms with E-state index in [4.69, 9.17) is 0 Å². The lowest BCUT2D eigenvalue weighted by atomic mass is 9.90. The Bertz CT molecular complexity index is 1850. The first-order chi connectivity index (χ1) is 18.2. The van der Waals surface area contributed by atoms with Gasteiger partial charge in [-0.3, -0.25) is 9.97 Å². The van der Waals surface area contributed by atoms with Gasteiger partial charge in [0, 0.05) is 23.5 Å². The molecular weight excluding hydrogens is 448 g/mol. The normalized spacial score (nSPS) is 11.4. The van der Waals surface area contributed by atoms with Crippen molar-refractivity contribution in [2.45, 2.75) is 6.92 Å². The van der Waals surface area contributed by atoms with Gasteiger partial charge in [0.1, 0.15) is 0 Å². The van der Waals surface area contributed by atoms with Crippen LogP contribution in [0.3, 0.4) is 0 Å². The van der Waals surface area contributed by atoms with E-state index in [-0.39, 0.29) is 0 Å². The summed E-state index contributed by atoms with van der Waals surface area (Å²) in [5, 5.41) is 7.73. The molecule has 0 spiro atoms. The van der Waals surface area contributed by atoms with Gasteiger partial charge < -0.3 is 0 Å². The van der Waals surface area contributed by atoms with E-state index in [0.29, 0.717) is 0 Å². The summed E-state index contributed by atoms with van der Waals surface area (Å²) in [6, 6.07) is 41.1. The van der Waals surface area contributed by atoms with Crippen molar-refractivity contribution in [1.82, 2.24) is 9.97 Å². The molecule has 0 bridgehead atoms. The third kappa shape index (κ3) is 3.75. The minimum absolute atomic E-state index is 0.953. The van der Waals surface area contributed by atoms with E-state index in [9.17, 15) is 0 Å². The molecule has 0 aliphatic carbocycles. The van der Waals surface area contributed by atoms with Crippen molar-refractivity contribution in [1.29, 1.82) is 0 Å². The molecule has 7 rings (SSSR count). The van der Waals surface area contributed by atoms with Gasteiger partial charge >= 0.3 is 0 Å². The zero-order valence-electron chi connectivity index (χ0n) is 20.5. The van der Waals surface area contributed by atoms with Gasteiger partial charge in [-0.2, -0.15) is 0 Å². The predicted molar refractivity (Wildman–Crippen MR) is 156 cm³/mol. The van der Waals surface area contributed by atoms with E-state index in [1.54, 1.807) is 0 Å². The summed E-state index contributed by atoms with van der Waals surface area (Å²) in [6.07, 6.45) is 3.69. The Balaban J connectivity index is 1.50. The van der Waals surface area contributed by atoms with Crippen LogP contribution >= 0.6 is 0 Å². The maximum atomic E-state index is 4.63. The van der Waals surface area contributed by atoms with Crippen molar-refractivity contribution in [3.05, 3.63) is 133 Å². The van der Waals surface area contributed by atoms with Gasteiger partial charge in [-0.1, -0.05) is 72.3 Å². The molecule has 0 aliphatic rings. The van der Waals surface area contributed by atoms with Crippen molar-refractivity contribution in [2.75, 3.05) is 0 Å². The fourth-order valence-corrected chi connectivity index (χ4v) is 5.41. The van der Waals surface area contributed by atoms with Crippen LogP contribution < -0.4 is 0 Å². The van der Waals surface area contributed by atoms with Crippen LogP contribution in [-0.2, 0) is 0 Å². The van der Waals surface area contributed by atoms with E-state index >= 15 is 0 Å². The third-order valence-electron chi connectivity index (χ3n) is 7.18. The number of aromatic nitrogens is 2. The summed E-state index contributed by atoms with van der Waals surface area (Å²) in [5.74, 6) is 0. The molecule has 0 atom stereocenters. The largest absolute Gasteiger partial charge is 0.256 e. The first kappa shape index (κ1) is 21.5. The SMILES string of the molecule is Cc1ccc2c3ccc(-c4cc(-c5ccccn5)cc(-c5ccccn5)c4)cc3c3ccccc3c2c1. The molecule has 37 heavy (non-hydrogen) atoms. The minimum atomic E-state index is 0.953. The van der Waals surface area contributed by atoms with E-state index < -0.39 is 0 Å². The van der Waals surface area contributed by atoms with E-state index in [0.717, 1.165) is 28.1 Å². The Labute approximate surface area is 215 Å². The Morgan fingerprint density at radius 2 is 0.892 bits per heavy atom. The maximum Gasteiger partial charge on any atom is 0.0702 e. The fraction of sp³-hybridized carbons (Fsp3) is 0.0286. The molecule has 0 saturated heterocycles. The molecule has 0 amide bonds. The van der Waals surface area contributed by atoms with Crippen LogP contribution in [-0.4, -0.2) is 9.97 Å². The number of nitrogens with zero attached hydrogens (tertiary/aromatic N) is 2. The smallest absolute Gasteiger partial charge is 0.0702 e. The average Bonchev–Trinajstić information content (AvgIpc) is 2.97. The third-order valence-corrected chi connectivity index (χ3v) is 7.18. The Hall–Kier alpha value is -4.82. The van der Waals surface area contributed by atoms with Crippen molar-refractivity contribution in [3.8, 4) is 33.6 Å². The first-order valence-electron chi connectivity index (χ1n) is 12.6. The van der Waals surface area contributed by atoms with E-state index in [1.807, 2.05) is 36.7 Å². The van der Waals surface area contributed by atoms with Gasteiger partial charge in [-0.25, -0.2) is 0 Å². The van der Waals surface area contributed by atoms with Crippen LogP contribution in [0.4, 0.5) is 0 Å². The van der Waals surface area contributed by atoms with Crippen molar-refractivity contribution in [3.63, 3.8) is 0 Å². The monoisotopic (exact) mass is 472 g/mol. The topological polar surface area (TPSA) is 25.8 Å². The first-order valence-corrected chi connectivity index (χ1v) is 12.6. The lowest BCUT2D eigenvalue weighted by Crippen LogP contribution is -1.90. The molecule has 174 valence electrons. The molecule has 2 aromatic heterocycles. The summed E-state index contributed by atoms with van der Waals surface area (Å²) in [7, 11) is 0. The second kappa shape index (κ2) is 8.69. The van der Waals surface area contributed by atoms with Crippen LogP contribution in [0.2, 0.25) is 0 Å². The number of benzene rings is 5. The Morgan fingerprint density at radius 3 is 1.49 bits per heavy atom. The van der Waals surface area contributed by atoms with Crippen LogP contribution in [0.25, 0.3) is 66.0 Å². The second-order valence-electron chi connectivity index (χ2n) is 9.58. The quantitative estimate of drug-likeness (QED) is 0.240. The van der Waals surface area contributed by atoms with Crippen molar-refractivity contribution >= 4 is 32.3 Å². The standard InChI is InChI=1S/C35H24N2/c1-23-12-14-30-31-15-13-24(22-33(31)29-9-3-2-8-28(29)32(30)18-23)25-19-26(34-10-4-6-16-36-34)21-27(20-25)35-11-5-7-17-37-35/h2-22H,1H3. The molecule has 0 N–H and O–H groups in total. The van der Waals surface area contributed by atoms with Crippen LogP contribution in [0.15, 0.2) is 128 Å². The number of aryl methyl sites for hydroxylation is 1. The van der Waals surface area contributed by atoms with Crippen LogP contribution in [0.1, 0.15) is 5.56 Å². The molecule has 5 aromatic carbocycles. The highest BCUT2D eigenvalue weighted by Crippen LogP contribution is 2.39. The van der Waals surface area contributed by atoms with Gasteiger partial charge in [0.2, 0.25) is 0 Å². The Kier molecular flexibility index (Phi) is 5.04. The van der Waals surface area contributed by atoms with Crippen molar-refractivity contribution < 1.29 is 0 Å². The highest BCUT2D eigenvalue weighted by molar-refractivity contribution is 6.25. The molecule has 2 heteroatoms. The number of hydrogen-bond acceptors (Lipinski definition) is 2. The van der Waals surface area contributed by atoms with E-state index in [1.165, 1.54) is 43.4 Å². The molecule has 2 nitrogen and oxygen atoms in total. The molecule has 7 aromatic rings. The van der Waals surface area contributed by atoms with Gasteiger partial charge in [0.05, 0.1) is 11.4 Å². The molecule has 0 radical (unpaired) electrons. The summed E-state index contributed by atoms with van der Waals surface area (Å²) in [4.78, 5) is 9.26. The summed E-state index contributed by atoms with van der Waals surface area (Å²) in [5.41, 5.74) is 7.68. The lowest BCUT2D eigenvalue weighted by molar-refractivity contribution is 1.31. The summed E-state index contributed by atoms with van der Waals surface area (Å²) < 4.78 is 0. The zero-order chi connectivity index (χ0) is 24.8. The molecule has 0 aliphatic heterocycles. The number of rotatable bonds is 3. The number of fused-ring (bicyclic) bond motifs is 6. The molecule has 0 unspecified atom stereocenters. The van der Waals surface area contributed by atoms with Gasteiger partial charge in [-0.05, 0) is 98.9 Å². The highest BCUT2D eigenvalue weighted by atomic mass is 14.7. The number of pyridine rings is 2. The van der Waals surface area contributed by atoms with Gasteiger partial charge in [0.25, 0.3) is 0 Å². The maximum absolute atomic E-state index is 4.63. The van der Waals surface area contributed by atoms with E-state index in [2.05, 4.69) is 108 Å². The summed E-state index contributed by atoms with van der Waals surface area (Å²) in [6.45, 7) is 2.16. The van der Waals surface area contributed by atoms with Crippen LogP contribution in [0.5, 0.6) is 0 Å². The number of hydrogen-bond donors (Lipinski definition) is 0. The van der Waals surface area contributed by atoms with Gasteiger partial charge in [0.15, 0.2) is 0 Å². The molecular formula is C35H24N2. The van der Waals surface area contributed by atoms with Crippen molar-refractivity contribution in [2.24, 2.45) is 0 Å². The second-order valence-corrected chi connectivity index (χ2v) is 9.58. The lowest BCUT2D eigenvalue weighted by Gasteiger charge is -2.14. The molecule has 0 fully saturated rings. The zero-order valence-corrected chi connectivity index (χ0v) is 20.5. The fourth-order valence-electron chi connectivity index (χ4n) is 5.41. The van der Waals surface area contributed by atoms with Gasteiger partial charge in [-0.15, -0.1) is 0 Å². The van der Waals surface area contributed by atoms with Crippen LogP contribution in [0, 0.1) is 6.92 Å². The predicted octanol–water partition coefficient (Wildman–Crippen LogP) is 9.25. The highest BCUT2D eigenvalue weighted by Gasteiger charge is 2.12. The summed E-state index contributed by atoms with van der Waals surface area (Å²) >= 11 is 0.